The molecule has 0 aliphatic heterocycles. The van der Waals surface area contributed by atoms with E-state index in [1.165, 1.54) is 5.56 Å². The lowest BCUT2D eigenvalue weighted by atomic mass is 10.2. The Morgan fingerprint density at radius 2 is 1.93 bits per heavy atom. The Morgan fingerprint density at radius 1 is 1.29 bits per heavy atom. The number of halogens is 1. The van der Waals surface area contributed by atoms with E-state index in [0.717, 1.165) is 11.5 Å². The van der Waals surface area contributed by atoms with Gasteiger partial charge in [-0.25, -0.2) is 0 Å². The third kappa shape index (κ3) is 5.50. The Bertz CT molecular complexity index is 233. The molecule has 0 heterocycles. The minimum Gasteiger partial charge on any atom is -0.395 e. The maximum absolute atomic E-state index is 8.69. The van der Waals surface area contributed by atoms with Gasteiger partial charge in [0, 0.05) is 17.5 Å². The summed E-state index contributed by atoms with van der Waals surface area (Å²) in [5.41, 5.74) is 6.87. The van der Waals surface area contributed by atoms with Crippen LogP contribution in [-0.2, 0) is 5.75 Å². The maximum atomic E-state index is 8.69. The van der Waals surface area contributed by atoms with Gasteiger partial charge in [0.1, 0.15) is 0 Å². The normalized spacial score (nSPS) is 11.9. The molecule has 0 aliphatic rings. The molecule has 80 valence electrons. The van der Waals surface area contributed by atoms with Crippen LogP contribution in [0.2, 0.25) is 0 Å². The predicted molar refractivity (Wildman–Crippen MR) is 64.9 cm³/mol. The zero-order valence-electron chi connectivity index (χ0n) is 7.93. The Balaban J connectivity index is 0.00000169. The highest BCUT2D eigenvalue weighted by Crippen LogP contribution is 2.11. The lowest BCUT2D eigenvalue weighted by Gasteiger charge is -2.06. The molecule has 0 bridgehead atoms. The molecule has 0 saturated carbocycles. The fourth-order valence-corrected chi connectivity index (χ4v) is 1.91. The molecule has 0 radical (unpaired) electrons. The van der Waals surface area contributed by atoms with Crippen molar-refractivity contribution in [2.75, 3.05) is 12.4 Å². The molecule has 0 amide bonds. The van der Waals surface area contributed by atoms with Crippen LogP contribution in [0.5, 0.6) is 0 Å². The van der Waals surface area contributed by atoms with E-state index < -0.39 is 0 Å². The second-order valence-corrected chi connectivity index (χ2v) is 3.97. The van der Waals surface area contributed by atoms with Crippen molar-refractivity contribution in [2.45, 2.75) is 11.8 Å². The molecule has 1 atom stereocenters. The van der Waals surface area contributed by atoms with Crippen LogP contribution in [0.15, 0.2) is 30.3 Å². The van der Waals surface area contributed by atoms with E-state index in [1.54, 1.807) is 11.8 Å². The summed E-state index contributed by atoms with van der Waals surface area (Å²) in [5, 5.41) is 8.69. The number of hydrogen-bond acceptors (Lipinski definition) is 3. The fourth-order valence-electron chi connectivity index (χ4n) is 0.955. The molecule has 3 N–H and O–H groups in total. The topological polar surface area (TPSA) is 46.2 Å². The van der Waals surface area contributed by atoms with Crippen LogP contribution in [0.25, 0.3) is 0 Å². The van der Waals surface area contributed by atoms with Gasteiger partial charge in [-0.05, 0) is 5.56 Å². The smallest absolute Gasteiger partial charge is 0.0590 e. The van der Waals surface area contributed by atoms with E-state index in [2.05, 4.69) is 12.1 Å². The van der Waals surface area contributed by atoms with Gasteiger partial charge in [0.2, 0.25) is 0 Å². The molecule has 1 aromatic carbocycles. The first-order valence-electron chi connectivity index (χ1n) is 4.31. The van der Waals surface area contributed by atoms with Gasteiger partial charge in [-0.1, -0.05) is 30.3 Å². The highest BCUT2D eigenvalue weighted by atomic mass is 35.5. The Labute approximate surface area is 95.3 Å². The largest absolute Gasteiger partial charge is 0.395 e. The molecule has 0 aromatic heterocycles. The van der Waals surface area contributed by atoms with Gasteiger partial charge in [0.15, 0.2) is 0 Å². The number of aliphatic hydroxyl groups is 1. The van der Waals surface area contributed by atoms with Gasteiger partial charge < -0.3 is 10.8 Å². The molecular weight excluding hydrogens is 218 g/mol. The van der Waals surface area contributed by atoms with Crippen molar-refractivity contribution < 1.29 is 5.11 Å². The van der Waals surface area contributed by atoms with Crippen LogP contribution in [-0.4, -0.2) is 23.5 Å². The van der Waals surface area contributed by atoms with Crippen molar-refractivity contribution in [1.82, 2.24) is 0 Å². The van der Waals surface area contributed by atoms with Gasteiger partial charge in [-0.15, -0.1) is 12.4 Å². The second-order valence-electron chi connectivity index (χ2n) is 2.94. The number of aliphatic hydroxyl groups excluding tert-OH is 1. The first-order valence-corrected chi connectivity index (χ1v) is 5.46. The maximum Gasteiger partial charge on any atom is 0.0590 e. The van der Waals surface area contributed by atoms with Gasteiger partial charge in [0.25, 0.3) is 0 Å². The monoisotopic (exact) mass is 233 g/mol. The molecule has 4 heteroatoms. The summed E-state index contributed by atoms with van der Waals surface area (Å²) in [5.74, 6) is 1.78. The quantitative estimate of drug-likeness (QED) is 0.813. The summed E-state index contributed by atoms with van der Waals surface area (Å²) in [7, 11) is 0. The van der Waals surface area contributed by atoms with Crippen molar-refractivity contribution in [3.05, 3.63) is 35.9 Å². The lowest BCUT2D eigenvalue weighted by Crippen LogP contribution is -2.26. The van der Waals surface area contributed by atoms with Gasteiger partial charge in [-0.3, -0.25) is 0 Å². The van der Waals surface area contributed by atoms with Crippen molar-refractivity contribution >= 4 is 24.2 Å². The number of rotatable bonds is 5. The van der Waals surface area contributed by atoms with E-state index in [1.807, 2.05) is 18.2 Å². The van der Waals surface area contributed by atoms with Gasteiger partial charge in [0.05, 0.1) is 6.61 Å². The molecular formula is C10H16ClNOS. The summed E-state index contributed by atoms with van der Waals surface area (Å²) in [4.78, 5) is 0. The molecule has 1 rings (SSSR count). The molecule has 0 fully saturated rings. The molecule has 0 aliphatic carbocycles. The lowest BCUT2D eigenvalue weighted by molar-refractivity contribution is 0.275. The van der Waals surface area contributed by atoms with Crippen molar-refractivity contribution in [1.29, 1.82) is 0 Å². The Kier molecular flexibility index (Phi) is 7.99. The third-order valence-electron chi connectivity index (χ3n) is 1.68. The Hall–Kier alpha value is -0.220. The number of benzene rings is 1. The van der Waals surface area contributed by atoms with E-state index in [9.17, 15) is 0 Å². The standard InChI is InChI=1S/C10H15NOS.ClH/c11-10(6-12)8-13-7-9-4-2-1-3-5-9;/h1-5,10,12H,6-8,11H2;1H/t10-;/m1./s1. The summed E-state index contributed by atoms with van der Waals surface area (Å²) in [6.07, 6.45) is 0. The van der Waals surface area contributed by atoms with Crippen molar-refractivity contribution in [3.8, 4) is 0 Å². The number of thioether (sulfide) groups is 1. The second kappa shape index (κ2) is 8.12. The van der Waals surface area contributed by atoms with Crippen LogP contribution < -0.4 is 5.73 Å². The molecule has 0 spiro atoms. The summed E-state index contributed by atoms with van der Waals surface area (Å²) in [6.45, 7) is 0.0712. The average molecular weight is 234 g/mol. The summed E-state index contributed by atoms with van der Waals surface area (Å²) >= 11 is 1.75. The molecule has 0 saturated heterocycles. The summed E-state index contributed by atoms with van der Waals surface area (Å²) in [6, 6.07) is 10.2. The third-order valence-corrected chi connectivity index (χ3v) is 2.88. The zero-order chi connectivity index (χ0) is 9.52. The number of hydrogen-bond donors (Lipinski definition) is 2. The SMILES string of the molecule is Cl.N[C@H](CO)CSCc1ccccc1. The van der Waals surface area contributed by atoms with Crippen LogP contribution in [0, 0.1) is 0 Å². The molecule has 14 heavy (non-hydrogen) atoms. The highest BCUT2D eigenvalue weighted by Gasteiger charge is 1.99. The predicted octanol–water partition coefficient (Wildman–Crippen LogP) is 1.66. The minimum absolute atomic E-state index is 0. The van der Waals surface area contributed by atoms with Crippen molar-refractivity contribution in [2.24, 2.45) is 5.73 Å². The zero-order valence-corrected chi connectivity index (χ0v) is 9.56. The van der Waals surface area contributed by atoms with E-state index in [0.29, 0.717) is 0 Å². The summed E-state index contributed by atoms with van der Waals surface area (Å²) < 4.78 is 0. The molecule has 0 unspecified atom stereocenters. The highest BCUT2D eigenvalue weighted by molar-refractivity contribution is 7.98. The van der Waals surface area contributed by atoms with E-state index in [-0.39, 0.29) is 25.1 Å². The van der Waals surface area contributed by atoms with Crippen molar-refractivity contribution in [3.63, 3.8) is 0 Å². The van der Waals surface area contributed by atoms with E-state index in [4.69, 9.17) is 10.8 Å². The van der Waals surface area contributed by atoms with Crippen LogP contribution in [0.1, 0.15) is 5.56 Å². The van der Waals surface area contributed by atoms with E-state index >= 15 is 0 Å². The van der Waals surface area contributed by atoms with Gasteiger partial charge in [-0.2, -0.15) is 11.8 Å². The van der Waals surface area contributed by atoms with Crippen LogP contribution in [0.4, 0.5) is 0 Å². The first kappa shape index (κ1) is 13.8. The minimum atomic E-state index is -0.0892. The molecule has 2 nitrogen and oxygen atoms in total. The van der Waals surface area contributed by atoms with Gasteiger partial charge >= 0.3 is 0 Å². The van der Waals surface area contributed by atoms with Crippen LogP contribution >= 0.6 is 24.2 Å². The van der Waals surface area contributed by atoms with Crippen LogP contribution in [0.3, 0.4) is 0 Å². The Morgan fingerprint density at radius 3 is 2.50 bits per heavy atom. The molecule has 1 aromatic rings. The number of nitrogens with two attached hydrogens (primary N) is 1. The first-order chi connectivity index (χ1) is 6.33. The average Bonchev–Trinajstić information content (AvgIpc) is 2.19. The fraction of sp³-hybridized carbons (Fsp3) is 0.400.